The number of hydrogen-bond donors (Lipinski definition) is 1. The van der Waals surface area contributed by atoms with E-state index in [2.05, 4.69) is 4.98 Å². The normalized spacial score (nSPS) is 21.2. The molecule has 26 heavy (non-hydrogen) atoms. The van der Waals surface area contributed by atoms with Crippen molar-refractivity contribution in [3.05, 3.63) is 35.7 Å². The van der Waals surface area contributed by atoms with Crippen molar-refractivity contribution in [1.29, 1.82) is 0 Å². The van der Waals surface area contributed by atoms with Crippen molar-refractivity contribution in [1.82, 2.24) is 4.98 Å². The van der Waals surface area contributed by atoms with Gasteiger partial charge in [0.15, 0.2) is 5.60 Å². The lowest BCUT2D eigenvalue weighted by Gasteiger charge is -2.25. The molecule has 1 unspecified atom stereocenters. The molecule has 0 saturated carbocycles. The molecule has 0 radical (unpaired) electrons. The van der Waals surface area contributed by atoms with Crippen molar-refractivity contribution >= 4 is 18.0 Å². The summed E-state index contributed by atoms with van der Waals surface area (Å²) >= 11 is 0. The van der Waals surface area contributed by atoms with Crippen LogP contribution >= 0.6 is 0 Å². The highest BCUT2D eigenvalue weighted by molar-refractivity contribution is 5.96. The first-order valence-electron chi connectivity index (χ1n) is 9.15. The third-order valence-electron chi connectivity index (χ3n) is 4.50. The second kappa shape index (κ2) is 9.48. The number of esters is 2. The summed E-state index contributed by atoms with van der Waals surface area (Å²) in [6.07, 6.45) is 8.52. The number of aliphatic hydroxyl groups is 1. The third-order valence-corrected chi connectivity index (χ3v) is 4.50. The van der Waals surface area contributed by atoms with Gasteiger partial charge >= 0.3 is 11.9 Å². The number of hydrogen-bond acceptors (Lipinski definition) is 6. The molecule has 1 atom stereocenters. The van der Waals surface area contributed by atoms with Gasteiger partial charge in [-0.2, -0.15) is 0 Å². The zero-order chi connectivity index (χ0) is 19.0. The summed E-state index contributed by atoms with van der Waals surface area (Å²) < 4.78 is 10.8. The van der Waals surface area contributed by atoms with E-state index in [0.29, 0.717) is 5.57 Å². The zero-order valence-electron chi connectivity index (χ0n) is 15.4. The Hall–Kier alpha value is -2.21. The van der Waals surface area contributed by atoms with Crippen LogP contribution < -0.4 is 0 Å². The van der Waals surface area contributed by atoms with Crippen molar-refractivity contribution in [2.24, 2.45) is 5.92 Å². The van der Waals surface area contributed by atoms with Crippen LogP contribution in [0.5, 0.6) is 0 Å². The molecule has 6 nitrogen and oxygen atoms in total. The first-order chi connectivity index (χ1) is 12.5. The molecule has 1 aliphatic heterocycles. The molecule has 1 saturated heterocycles. The highest BCUT2D eigenvalue weighted by atomic mass is 16.6. The van der Waals surface area contributed by atoms with Gasteiger partial charge in [-0.05, 0) is 36.6 Å². The molecule has 0 spiro atoms. The molecule has 0 aliphatic carbocycles. The van der Waals surface area contributed by atoms with Crippen LogP contribution in [0.3, 0.4) is 0 Å². The smallest absolute Gasteiger partial charge is 0.334 e. The highest BCUT2D eigenvalue weighted by Crippen LogP contribution is 2.32. The Morgan fingerprint density at radius 1 is 1.35 bits per heavy atom. The summed E-state index contributed by atoms with van der Waals surface area (Å²) in [5, 5.41) is 9.77. The number of nitrogens with zero attached hydrogens (tertiary/aromatic N) is 1. The average molecular weight is 361 g/mol. The number of aliphatic hydroxyl groups excluding tert-OH is 1. The number of carbonyl (C=O) groups excluding carboxylic acids is 2. The number of pyridine rings is 1. The van der Waals surface area contributed by atoms with E-state index in [-0.39, 0.29) is 24.9 Å². The number of ether oxygens (including phenoxy) is 2. The minimum absolute atomic E-state index is 0.133. The molecule has 0 amide bonds. The van der Waals surface area contributed by atoms with Gasteiger partial charge < -0.3 is 14.6 Å². The van der Waals surface area contributed by atoms with E-state index < -0.39 is 18.2 Å². The number of cyclic esters (lactones) is 1. The maximum Gasteiger partial charge on any atom is 0.334 e. The zero-order valence-corrected chi connectivity index (χ0v) is 15.4. The fourth-order valence-electron chi connectivity index (χ4n) is 3.10. The first kappa shape index (κ1) is 20.1. The SMILES string of the molecule is CCCC(CCC)C(=O)OCC1(CO)C/C(=C\c2ccncc2)C(=O)O1. The average Bonchev–Trinajstić information content (AvgIpc) is 2.96. The molecule has 2 rings (SSSR count). The van der Waals surface area contributed by atoms with E-state index in [1.165, 1.54) is 0 Å². The molecule has 142 valence electrons. The second-order valence-corrected chi connectivity index (χ2v) is 6.74. The summed E-state index contributed by atoms with van der Waals surface area (Å²) in [5.41, 5.74) is 0.0674. The number of aromatic nitrogens is 1. The molecule has 2 heterocycles. The van der Waals surface area contributed by atoms with E-state index >= 15 is 0 Å². The molecule has 1 aromatic rings. The van der Waals surface area contributed by atoms with Crippen molar-refractivity contribution in [2.45, 2.75) is 51.6 Å². The van der Waals surface area contributed by atoms with E-state index in [1.807, 2.05) is 13.8 Å². The van der Waals surface area contributed by atoms with Crippen LogP contribution in [0.4, 0.5) is 0 Å². The second-order valence-electron chi connectivity index (χ2n) is 6.74. The lowest BCUT2D eigenvalue weighted by Crippen LogP contribution is -2.40. The van der Waals surface area contributed by atoms with Crippen molar-refractivity contribution < 1.29 is 24.2 Å². The maximum absolute atomic E-state index is 12.3. The Labute approximate surface area is 154 Å². The molecule has 1 N–H and O–H groups in total. The number of carbonyl (C=O) groups is 2. The van der Waals surface area contributed by atoms with Gasteiger partial charge in [-0.15, -0.1) is 0 Å². The van der Waals surface area contributed by atoms with Gasteiger partial charge in [0.2, 0.25) is 0 Å². The van der Waals surface area contributed by atoms with Gasteiger partial charge in [0.1, 0.15) is 6.61 Å². The van der Waals surface area contributed by atoms with Crippen molar-refractivity contribution in [2.75, 3.05) is 13.2 Å². The monoisotopic (exact) mass is 361 g/mol. The van der Waals surface area contributed by atoms with Crippen LogP contribution in [0.1, 0.15) is 51.5 Å². The van der Waals surface area contributed by atoms with Gasteiger partial charge in [-0.25, -0.2) is 4.79 Å². The van der Waals surface area contributed by atoms with Gasteiger partial charge in [0.25, 0.3) is 0 Å². The fourth-order valence-corrected chi connectivity index (χ4v) is 3.10. The fraction of sp³-hybridized carbons (Fsp3) is 0.550. The Morgan fingerprint density at radius 2 is 2.00 bits per heavy atom. The van der Waals surface area contributed by atoms with E-state index in [0.717, 1.165) is 31.2 Å². The lowest BCUT2D eigenvalue weighted by molar-refractivity contribution is -0.169. The van der Waals surface area contributed by atoms with Gasteiger partial charge in [0, 0.05) is 24.4 Å². The minimum Gasteiger partial charge on any atom is -0.461 e. The predicted molar refractivity (Wildman–Crippen MR) is 97.0 cm³/mol. The molecule has 0 aromatic carbocycles. The Bertz CT molecular complexity index is 637. The quantitative estimate of drug-likeness (QED) is 0.538. The highest BCUT2D eigenvalue weighted by Gasteiger charge is 2.44. The van der Waals surface area contributed by atoms with Crippen LogP contribution in [0.15, 0.2) is 30.1 Å². The summed E-state index contributed by atoms with van der Waals surface area (Å²) in [7, 11) is 0. The van der Waals surface area contributed by atoms with Crippen LogP contribution in [0.25, 0.3) is 6.08 Å². The topological polar surface area (TPSA) is 85.7 Å². The van der Waals surface area contributed by atoms with Crippen LogP contribution in [-0.2, 0) is 19.1 Å². The lowest BCUT2D eigenvalue weighted by atomic mass is 9.97. The summed E-state index contributed by atoms with van der Waals surface area (Å²) in [5.74, 6) is -0.931. The maximum atomic E-state index is 12.3. The molecule has 1 aliphatic rings. The van der Waals surface area contributed by atoms with Crippen molar-refractivity contribution in [3.8, 4) is 0 Å². The van der Waals surface area contributed by atoms with E-state index in [4.69, 9.17) is 9.47 Å². The summed E-state index contributed by atoms with van der Waals surface area (Å²) in [6.45, 7) is 3.53. The van der Waals surface area contributed by atoms with Gasteiger partial charge in [-0.3, -0.25) is 9.78 Å². The first-order valence-corrected chi connectivity index (χ1v) is 9.15. The third kappa shape index (κ3) is 5.14. The molecule has 1 fully saturated rings. The van der Waals surface area contributed by atoms with Crippen LogP contribution in [0, 0.1) is 5.92 Å². The molecule has 6 heteroatoms. The van der Waals surface area contributed by atoms with Gasteiger partial charge in [0.05, 0.1) is 12.5 Å². The standard InChI is InChI=1S/C20H27NO5/c1-3-5-16(6-4-2)18(23)25-14-20(13-22)12-17(19(24)26-20)11-15-7-9-21-10-8-15/h7-11,16,22H,3-6,12-14H2,1-2H3/b17-11+. The molecule has 1 aromatic heterocycles. The molecular weight excluding hydrogens is 334 g/mol. The summed E-state index contributed by atoms with van der Waals surface area (Å²) in [4.78, 5) is 28.4. The Morgan fingerprint density at radius 3 is 2.58 bits per heavy atom. The van der Waals surface area contributed by atoms with Crippen LogP contribution in [-0.4, -0.2) is 40.8 Å². The predicted octanol–water partition coefficient (Wildman–Crippen LogP) is 2.90. The van der Waals surface area contributed by atoms with E-state index in [9.17, 15) is 14.7 Å². The van der Waals surface area contributed by atoms with Crippen molar-refractivity contribution in [3.63, 3.8) is 0 Å². The molecule has 0 bridgehead atoms. The minimum atomic E-state index is -1.20. The van der Waals surface area contributed by atoms with Crippen LogP contribution in [0.2, 0.25) is 0 Å². The Kier molecular flexibility index (Phi) is 7.33. The van der Waals surface area contributed by atoms with E-state index in [1.54, 1.807) is 30.6 Å². The Balaban J connectivity index is 2.04. The number of rotatable bonds is 9. The molecular formula is C20H27NO5. The van der Waals surface area contributed by atoms with Gasteiger partial charge in [-0.1, -0.05) is 26.7 Å². The largest absolute Gasteiger partial charge is 0.461 e. The summed E-state index contributed by atoms with van der Waals surface area (Å²) in [6, 6.07) is 3.55.